The van der Waals surface area contributed by atoms with Crippen molar-refractivity contribution in [2.24, 2.45) is 10.8 Å². The first-order chi connectivity index (χ1) is 12.1. The third-order valence-electron chi connectivity index (χ3n) is 5.95. The molecule has 1 aromatic carbocycles. The molecular weight excluding hydrogens is 388 g/mol. The maximum atomic E-state index is 6.03. The zero-order valence-electron chi connectivity index (χ0n) is 17.4. The van der Waals surface area contributed by atoms with Crippen LogP contribution in [0.4, 0.5) is 0 Å². The van der Waals surface area contributed by atoms with Crippen molar-refractivity contribution in [3.63, 3.8) is 0 Å². The zero-order valence-corrected chi connectivity index (χ0v) is 19.0. The summed E-state index contributed by atoms with van der Waals surface area (Å²) in [7, 11) is 1.66. The Morgan fingerprint density at radius 3 is 2.46 bits per heavy atom. The van der Waals surface area contributed by atoms with Crippen LogP contribution in [0.15, 0.2) is 29.3 Å². The molecule has 3 heteroatoms. The lowest BCUT2D eigenvalue weighted by molar-refractivity contribution is 0.0363. The van der Waals surface area contributed by atoms with E-state index in [0.717, 1.165) is 23.1 Å². The van der Waals surface area contributed by atoms with Crippen LogP contribution in [-0.2, 0) is 10.2 Å². The number of halogens is 1. The van der Waals surface area contributed by atoms with E-state index in [2.05, 4.69) is 75.3 Å². The Bertz CT molecular complexity index is 656. The van der Waals surface area contributed by atoms with Crippen LogP contribution >= 0.6 is 15.9 Å². The summed E-state index contributed by atoms with van der Waals surface area (Å²) in [5, 5.41) is 0. The van der Waals surface area contributed by atoms with Crippen LogP contribution in [-0.4, -0.2) is 13.9 Å². The second-order valence-corrected chi connectivity index (χ2v) is 10.0. The van der Waals surface area contributed by atoms with Gasteiger partial charge in [0, 0.05) is 12.7 Å². The lowest BCUT2D eigenvalue weighted by Gasteiger charge is -2.53. The molecule has 0 N–H and O–H groups in total. The smallest absolute Gasteiger partial charge is 0.188 e. The van der Waals surface area contributed by atoms with E-state index in [4.69, 9.17) is 9.47 Å². The lowest BCUT2D eigenvalue weighted by Crippen LogP contribution is -2.44. The molecule has 0 radical (unpaired) electrons. The molecule has 2 rings (SSSR count). The maximum absolute atomic E-state index is 6.03. The van der Waals surface area contributed by atoms with E-state index in [1.165, 1.54) is 30.4 Å². The molecule has 146 valence electrons. The molecule has 0 spiro atoms. The summed E-state index contributed by atoms with van der Waals surface area (Å²) in [4.78, 5) is 0. The van der Waals surface area contributed by atoms with Crippen molar-refractivity contribution in [2.45, 2.75) is 72.1 Å². The van der Waals surface area contributed by atoms with Gasteiger partial charge >= 0.3 is 0 Å². The van der Waals surface area contributed by atoms with Gasteiger partial charge in [0.2, 0.25) is 0 Å². The van der Waals surface area contributed by atoms with Crippen molar-refractivity contribution in [1.82, 2.24) is 0 Å². The summed E-state index contributed by atoms with van der Waals surface area (Å²) >= 11 is 3.72. The topological polar surface area (TPSA) is 18.5 Å². The monoisotopic (exact) mass is 422 g/mol. The van der Waals surface area contributed by atoms with Gasteiger partial charge in [-0.3, -0.25) is 0 Å². The zero-order chi connectivity index (χ0) is 19.6. The molecule has 1 aliphatic carbocycles. The number of methoxy groups -OCH3 is 1. The van der Waals surface area contributed by atoms with Crippen LogP contribution in [0.25, 0.3) is 0 Å². The molecule has 0 aliphatic heterocycles. The lowest BCUT2D eigenvalue weighted by atomic mass is 9.52. The first kappa shape index (κ1) is 21.5. The third-order valence-corrected chi connectivity index (χ3v) is 6.54. The summed E-state index contributed by atoms with van der Waals surface area (Å²) in [5.41, 5.74) is 3.01. The molecule has 1 aliphatic rings. The van der Waals surface area contributed by atoms with E-state index in [9.17, 15) is 0 Å². The van der Waals surface area contributed by atoms with Gasteiger partial charge in [0.25, 0.3) is 0 Å². The molecule has 1 aromatic rings. The van der Waals surface area contributed by atoms with Crippen molar-refractivity contribution in [3.8, 4) is 5.75 Å². The molecule has 0 aromatic heterocycles. The van der Waals surface area contributed by atoms with Crippen molar-refractivity contribution in [1.29, 1.82) is 0 Å². The molecule has 0 heterocycles. The average molecular weight is 423 g/mol. The summed E-state index contributed by atoms with van der Waals surface area (Å²) in [5.74, 6) is 0.923. The highest BCUT2D eigenvalue weighted by Gasteiger charge is 2.49. The number of rotatable bonds is 7. The summed E-state index contributed by atoms with van der Waals surface area (Å²) in [6.07, 6.45) is 8.09. The van der Waals surface area contributed by atoms with Crippen molar-refractivity contribution in [2.75, 3.05) is 13.9 Å². The predicted octanol–water partition coefficient (Wildman–Crippen LogP) is 7.18. The van der Waals surface area contributed by atoms with Gasteiger partial charge in [0.05, 0.1) is 4.47 Å². The SMILES string of the molecule is C=CC1(C)CC(C)(CCC)CC(C)(c2cc(C)cc(Br)c2OCOC)C1. The number of allylic oxidation sites excluding steroid dienone is 1. The maximum Gasteiger partial charge on any atom is 0.188 e. The average Bonchev–Trinajstić information content (AvgIpc) is 2.52. The van der Waals surface area contributed by atoms with Gasteiger partial charge < -0.3 is 9.47 Å². The van der Waals surface area contributed by atoms with Gasteiger partial charge in [-0.05, 0) is 76.4 Å². The van der Waals surface area contributed by atoms with Gasteiger partial charge in [-0.1, -0.05) is 46.3 Å². The van der Waals surface area contributed by atoms with E-state index in [1.807, 2.05) is 0 Å². The fraction of sp³-hybridized carbons (Fsp3) is 0.652. The molecule has 1 saturated carbocycles. The predicted molar refractivity (Wildman–Crippen MR) is 114 cm³/mol. The number of benzene rings is 1. The van der Waals surface area contributed by atoms with Crippen LogP contribution < -0.4 is 4.74 Å². The number of hydrogen-bond donors (Lipinski definition) is 0. The van der Waals surface area contributed by atoms with Crippen LogP contribution in [0.5, 0.6) is 5.75 Å². The molecule has 3 unspecified atom stereocenters. The molecule has 1 fully saturated rings. The Morgan fingerprint density at radius 1 is 1.19 bits per heavy atom. The van der Waals surface area contributed by atoms with Gasteiger partial charge in [-0.2, -0.15) is 0 Å². The first-order valence-corrected chi connectivity index (χ1v) is 10.5. The molecular formula is C23H35BrO2. The van der Waals surface area contributed by atoms with E-state index in [0.29, 0.717) is 5.41 Å². The second kappa shape index (κ2) is 8.06. The highest BCUT2D eigenvalue weighted by Crippen LogP contribution is 2.59. The molecule has 3 atom stereocenters. The highest BCUT2D eigenvalue weighted by molar-refractivity contribution is 9.10. The van der Waals surface area contributed by atoms with E-state index in [-0.39, 0.29) is 17.6 Å². The Kier molecular flexibility index (Phi) is 6.66. The number of hydrogen-bond acceptors (Lipinski definition) is 2. The van der Waals surface area contributed by atoms with Crippen LogP contribution in [0.1, 0.15) is 70.9 Å². The molecule has 0 bridgehead atoms. The van der Waals surface area contributed by atoms with E-state index < -0.39 is 0 Å². The Labute approximate surface area is 168 Å². The van der Waals surface area contributed by atoms with Crippen molar-refractivity contribution < 1.29 is 9.47 Å². The van der Waals surface area contributed by atoms with Crippen molar-refractivity contribution >= 4 is 15.9 Å². The molecule has 26 heavy (non-hydrogen) atoms. The minimum Gasteiger partial charge on any atom is -0.466 e. The minimum absolute atomic E-state index is 0.0305. The highest BCUT2D eigenvalue weighted by atomic mass is 79.9. The van der Waals surface area contributed by atoms with Gasteiger partial charge in [0.1, 0.15) is 5.75 Å². The second-order valence-electron chi connectivity index (χ2n) is 9.18. The third kappa shape index (κ3) is 4.54. The quantitative estimate of drug-likeness (QED) is 0.342. The van der Waals surface area contributed by atoms with Crippen LogP contribution in [0.3, 0.4) is 0 Å². The largest absolute Gasteiger partial charge is 0.466 e. The van der Waals surface area contributed by atoms with Crippen molar-refractivity contribution in [3.05, 3.63) is 40.4 Å². The van der Waals surface area contributed by atoms with E-state index >= 15 is 0 Å². The fourth-order valence-corrected chi connectivity index (χ4v) is 6.24. The summed E-state index contributed by atoms with van der Waals surface area (Å²) in [6, 6.07) is 4.43. The normalized spacial score (nSPS) is 31.7. The fourth-order valence-electron chi connectivity index (χ4n) is 5.55. The van der Waals surface area contributed by atoms with Gasteiger partial charge in [-0.25, -0.2) is 0 Å². The summed E-state index contributed by atoms with van der Waals surface area (Å²) < 4.78 is 12.2. The number of ether oxygens (including phenoxy) is 2. The van der Waals surface area contributed by atoms with Gasteiger partial charge in [-0.15, -0.1) is 6.58 Å². The molecule has 0 saturated heterocycles. The van der Waals surface area contributed by atoms with Crippen LogP contribution in [0, 0.1) is 17.8 Å². The first-order valence-electron chi connectivity index (χ1n) is 9.66. The summed E-state index contributed by atoms with van der Waals surface area (Å²) in [6.45, 7) is 16.1. The Hall–Kier alpha value is -0.800. The Balaban J connectivity index is 2.58. The van der Waals surface area contributed by atoms with Crippen LogP contribution in [0.2, 0.25) is 0 Å². The van der Waals surface area contributed by atoms with Gasteiger partial charge in [0.15, 0.2) is 6.79 Å². The molecule has 0 amide bonds. The standard InChI is InChI=1S/C23H35BrO2/c1-8-10-22(5)13-21(4,9-2)14-23(6,15-22)18-11-17(3)12-19(24)20(18)26-16-25-7/h9,11-12H,2,8,10,13-16H2,1,3-7H3. The number of aryl methyl sites for hydroxylation is 1. The molecule has 2 nitrogen and oxygen atoms in total. The van der Waals surface area contributed by atoms with E-state index in [1.54, 1.807) is 7.11 Å². The Morgan fingerprint density at radius 2 is 1.88 bits per heavy atom. The minimum atomic E-state index is 0.0305.